The lowest BCUT2D eigenvalue weighted by Crippen LogP contribution is -2.33. The van der Waals surface area contributed by atoms with E-state index in [9.17, 15) is 4.79 Å². The molecular formula is C14H23ClN2O2. The van der Waals surface area contributed by atoms with Gasteiger partial charge in [0.05, 0.1) is 19.6 Å². The average Bonchev–Trinajstić information content (AvgIpc) is 2.41. The highest BCUT2D eigenvalue weighted by atomic mass is 35.5. The molecule has 0 atom stereocenters. The van der Waals surface area contributed by atoms with E-state index < -0.39 is 0 Å². The van der Waals surface area contributed by atoms with Gasteiger partial charge in [0.2, 0.25) is 5.91 Å². The van der Waals surface area contributed by atoms with Gasteiger partial charge in [-0.05, 0) is 12.6 Å². The molecule has 1 amide bonds. The van der Waals surface area contributed by atoms with E-state index in [1.807, 2.05) is 44.4 Å². The first-order valence-corrected chi connectivity index (χ1v) is 6.24. The molecule has 4 nitrogen and oxygen atoms in total. The van der Waals surface area contributed by atoms with Crippen LogP contribution in [0.25, 0.3) is 0 Å². The normalized spacial score (nSPS) is 9.79. The number of halogens is 1. The summed E-state index contributed by atoms with van der Waals surface area (Å²) in [5.41, 5.74) is 1.13. The molecule has 0 heterocycles. The molecule has 1 N–H and O–H groups in total. The topological polar surface area (TPSA) is 41.6 Å². The number of hydrogen-bond donors (Lipinski definition) is 1. The standard InChI is InChI=1S/C14H22N2O2.ClH/c1-15-9-10-16(2)14(17)8-11-18-12-13-6-4-3-5-7-13;/h3-7,15H,8-12H2,1-2H3;1H. The summed E-state index contributed by atoms with van der Waals surface area (Å²) in [5, 5.41) is 3.02. The third-order valence-corrected chi connectivity index (χ3v) is 2.69. The molecule has 1 aromatic rings. The number of amides is 1. The van der Waals surface area contributed by atoms with E-state index in [-0.39, 0.29) is 18.3 Å². The van der Waals surface area contributed by atoms with Crippen LogP contribution in [0.1, 0.15) is 12.0 Å². The highest BCUT2D eigenvalue weighted by molar-refractivity contribution is 5.85. The summed E-state index contributed by atoms with van der Waals surface area (Å²) in [6, 6.07) is 9.97. The number of ether oxygens (including phenoxy) is 1. The zero-order valence-electron chi connectivity index (χ0n) is 11.6. The van der Waals surface area contributed by atoms with Crippen LogP contribution in [0, 0.1) is 0 Å². The minimum absolute atomic E-state index is 0. The number of carbonyl (C=O) groups excluding carboxylic acids is 1. The zero-order valence-corrected chi connectivity index (χ0v) is 12.4. The van der Waals surface area contributed by atoms with Crippen LogP contribution in [0.5, 0.6) is 0 Å². The van der Waals surface area contributed by atoms with Gasteiger partial charge in [0.1, 0.15) is 0 Å². The molecule has 0 saturated carbocycles. The fraction of sp³-hybridized carbons (Fsp3) is 0.500. The first-order chi connectivity index (χ1) is 8.74. The van der Waals surface area contributed by atoms with Gasteiger partial charge >= 0.3 is 0 Å². The van der Waals surface area contributed by atoms with Gasteiger partial charge in [0.25, 0.3) is 0 Å². The Morgan fingerprint density at radius 1 is 1.32 bits per heavy atom. The molecule has 0 radical (unpaired) electrons. The molecule has 0 aliphatic rings. The summed E-state index contributed by atoms with van der Waals surface area (Å²) in [6.07, 6.45) is 0.438. The van der Waals surface area contributed by atoms with Crippen LogP contribution in [0.4, 0.5) is 0 Å². The lowest BCUT2D eigenvalue weighted by Gasteiger charge is -2.16. The van der Waals surface area contributed by atoms with Gasteiger partial charge < -0.3 is 15.0 Å². The van der Waals surface area contributed by atoms with Crippen LogP contribution in [-0.2, 0) is 16.1 Å². The minimum atomic E-state index is 0. The van der Waals surface area contributed by atoms with E-state index in [4.69, 9.17) is 4.74 Å². The van der Waals surface area contributed by atoms with Crippen LogP contribution in [0.3, 0.4) is 0 Å². The Balaban J connectivity index is 0.00000324. The zero-order chi connectivity index (χ0) is 13.2. The fourth-order valence-corrected chi connectivity index (χ4v) is 1.52. The van der Waals surface area contributed by atoms with E-state index in [1.54, 1.807) is 4.90 Å². The molecule has 1 aromatic carbocycles. The predicted molar refractivity (Wildman–Crippen MR) is 79.5 cm³/mol. The van der Waals surface area contributed by atoms with E-state index in [2.05, 4.69) is 5.32 Å². The molecule has 19 heavy (non-hydrogen) atoms. The monoisotopic (exact) mass is 286 g/mol. The highest BCUT2D eigenvalue weighted by Gasteiger charge is 2.07. The van der Waals surface area contributed by atoms with Crippen molar-refractivity contribution in [3.63, 3.8) is 0 Å². The Morgan fingerprint density at radius 2 is 2.00 bits per heavy atom. The number of nitrogens with zero attached hydrogens (tertiary/aromatic N) is 1. The molecule has 0 unspecified atom stereocenters. The van der Waals surface area contributed by atoms with E-state index in [1.165, 1.54) is 0 Å². The lowest BCUT2D eigenvalue weighted by molar-refractivity contribution is -0.131. The summed E-state index contributed by atoms with van der Waals surface area (Å²) in [7, 11) is 3.69. The first kappa shape index (κ1) is 17.9. The smallest absolute Gasteiger partial charge is 0.224 e. The summed E-state index contributed by atoms with van der Waals surface area (Å²) < 4.78 is 5.48. The minimum Gasteiger partial charge on any atom is -0.376 e. The summed E-state index contributed by atoms with van der Waals surface area (Å²) >= 11 is 0. The summed E-state index contributed by atoms with van der Waals surface area (Å²) in [6.45, 7) is 2.58. The number of carbonyl (C=O) groups is 1. The van der Waals surface area contributed by atoms with Gasteiger partial charge in [-0.25, -0.2) is 0 Å². The van der Waals surface area contributed by atoms with Crippen molar-refractivity contribution in [1.29, 1.82) is 0 Å². The maximum Gasteiger partial charge on any atom is 0.224 e. The Hall–Kier alpha value is -1.10. The van der Waals surface area contributed by atoms with Crippen molar-refractivity contribution in [2.45, 2.75) is 13.0 Å². The van der Waals surface area contributed by atoms with Crippen LogP contribution in [-0.4, -0.2) is 44.6 Å². The Bertz CT molecular complexity index is 347. The van der Waals surface area contributed by atoms with Crippen molar-refractivity contribution >= 4 is 18.3 Å². The number of benzene rings is 1. The maximum absolute atomic E-state index is 11.7. The third-order valence-electron chi connectivity index (χ3n) is 2.69. The number of hydrogen-bond acceptors (Lipinski definition) is 3. The third kappa shape index (κ3) is 7.82. The van der Waals surface area contributed by atoms with Gasteiger partial charge in [-0.3, -0.25) is 4.79 Å². The van der Waals surface area contributed by atoms with Gasteiger partial charge in [0, 0.05) is 20.1 Å². The molecule has 0 fully saturated rings. The first-order valence-electron chi connectivity index (χ1n) is 6.24. The SMILES string of the molecule is CNCCN(C)C(=O)CCOCc1ccccc1.Cl. The molecule has 1 rings (SSSR count). The van der Waals surface area contributed by atoms with Gasteiger partial charge in [-0.2, -0.15) is 0 Å². The Labute approximate surface area is 121 Å². The van der Waals surface area contributed by atoms with Gasteiger partial charge in [0.15, 0.2) is 0 Å². The molecule has 0 spiro atoms. The van der Waals surface area contributed by atoms with Crippen molar-refractivity contribution in [2.75, 3.05) is 33.8 Å². The fourth-order valence-electron chi connectivity index (χ4n) is 1.52. The highest BCUT2D eigenvalue weighted by Crippen LogP contribution is 2.01. The quantitative estimate of drug-likeness (QED) is 0.740. The van der Waals surface area contributed by atoms with Crippen molar-refractivity contribution < 1.29 is 9.53 Å². The van der Waals surface area contributed by atoms with Crippen LogP contribution < -0.4 is 5.32 Å². The molecule has 0 bridgehead atoms. The largest absolute Gasteiger partial charge is 0.376 e. The lowest BCUT2D eigenvalue weighted by atomic mass is 10.2. The van der Waals surface area contributed by atoms with Crippen molar-refractivity contribution in [1.82, 2.24) is 10.2 Å². The molecule has 5 heteroatoms. The van der Waals surface area contributed by atoms with Crippen molar-refractivity contribution in [2.24, 2.45) is 0 Å². The second kappa shape index (κ2) is 10.8. The summed E-state index contributed by atoms with van der Waals surface area (Å²) in [4.78, 5) is 13.4. The van der Waals surface area contributed by atoms with Crippen molar-refractivity contribution in [3.8, 4) is 0 Å². The Morgan fingerprint density at radius 3 is 2.63 bits per heavy atom. The predicted octanol–water partition coefficient (Wildman–Crippen LogP) is 1.69. The van der Waals surface area contributed by atoms with E-state index >= 15 is 0 Å². The number of nitrogens with one attached hydrogen (secondary N) is 1. The van der Waals surface area contributed by atoms with Crippen LogP contribution in [0.2, 0.25) is 0 Å². The molecule has 0 saturated heterocycles. The van der Waals surface area contributed by atoms with E-state index in [0.717, 1.165) is 18.7 Å². The van der Waals surface area contributed by atoms with E-state index in [0.29, 0.717) is 19.6 Å². The molecular weight excluding hydrogens is 264 g/mol. The second-order valence-corrected chi connectivity index (χ2v) is 4.21. The molecule has 108 valence electrons. The Kier molecular flexibility index (Phi) is 10.2. The van der Waals surface area contributed by atoms with Crippen molar-refractivity contribution in [3.05, 3.63) is 35.9 Å². The maximum atomic E-state index is 11.7. The van der Waals surface area contributed by atoms with Gasteiger partial charge in [-0.15, -0.1) is 12.4 Å². The second-order valence-electron chi connectivity index (χ2n) is 4.21. The van der Waals surface area contributed by atoms with Crippen LogP contribution >= 0.6 is 12.4 Å². The average molecular weight is 287 g/mol. The summed E-state index contributed by atoms with van der Waals surface area (Å²) in [5.74, 6) is 0.123. The van der Waals surface area contributed by atoms with Gasteiger partial charge in [-0.1, -0.05) is 30.3 Å². The number of rotatable bonds is 8. The van der Waals surface area contributed by atoms with Crippen LogP contribution in [0.15, 0.2) is 30.3 Å². The molecule has 0 aliphatic carbocycles. The molecule has 0 aliphatic heterocycles. The number of likely N-dealkylation sites (N-methyl/N-ethyl adjacent to an activating group) is 2. The molecule has 0 aromatic heterocycles.